The minimum Gasteiger partial charge on any atom is -0.361 e. The minimum absolute atomic E-state index is 0.668. The van der Waals surface area contributed by atoms with Crippen molar-refractivity contribution >= 4 is 17.3 Å². The summed E-state index contributed by atoms with van der Waals surface area (Å²) in [7, 11) is 0. The molecule has 2 rings (SSSR count). The highest BCUT2D eigenvalue weighted by molar-refractivity contribution is 7.80. The molecule has 1 aliphatic heterocycles. The van der Waals surface area contributed by atoms with E-state index in [-0.39, 0.29) is 0 Å². The highest BCUT2D eigenvalue weighted by Crippen LogP contribution is 2.18. The van der Waals surface area contributed by atoms with Crippen LogP contribution in [0.15, 0.2) is 0 Å². The molecule has 2 aliphatic rings. The van der Waals surface area contributed by atoms with Crippen LogP contribution in [0.4, 0.5) is 0 Å². The molecule has 1 aliphatic carbocycles. The number of rotatable bonds is 4. The summed E-state index contributed by atoms with van der Waals surface area (Å²) in [4.78, 5) is 2.49. The molecular formula is C10H19N3S. The van der Waals surface area contributed by atoms with E-state index in [2.05, 4.69) is 15.5 Å². The Morgan fingerprint density at radius 3 is 2.64 bits per heavy atom. The van der Waals surface area contributed by atoms with Gasteiger partial charge in [-0.15, -0.1) is 0 Å². The molecule has 4 heteroatoms. The lowest BCUT2D eigenvalue weighted by molar-refractivity contribution is 0.343. The fourth-order valence-corrected chi connectivity index (χ4v) is 2.07. The zero-order chi connectivity index (χ0) is 9.80. The lowest BCUT2D eigenvalue weighted by atomic mass is 10.4. The van der Waals surface area contributed by atoms with Gasteiger partial charge >= 0.3 is 0 Å². The van der Waals surface area contributed by atoms with E-state index in [1.165, 1.54) is 38.8 Å². The standard InChI is InChI=1S/C10H19N3S/c14-10(12-9-3-4-9)11-5-8-13-6-1-2-7-13/h9H,1-8H2,(H2,11,12,14). The molecule has 0 amide bonds. The first-order valence-corrected chi connectivity index (χ1v) is 6.02. The normalized spacial score (nSPS) is 22.3. The van der Waals surface area contributed by atoms with E-state index in [1.807, 2.05) is 0 Å². The first-order chi connectivity index (χ1) is 6.84. The van der Waals surface area contributed by atoms with Crippen LogP contribution < -0.4 is 10.6 Å². The van der Waals surface area contributed by atoms with Crippen molar-refractivity contribution in [2.75, 3.05) is 26.2 Å². The van der Waals surface area contributed by atoms with Crippen molar-refractivity contribution in [1.82, 2.24) is 15.5 Å². The second-order valence-electron chi connectivity index (χ2n) is 4.22. The minimum atomic E-state index is 0.668. The average Bonchev–Trinajstić information content (AvgIpc) is 2.82. The first kappa shape index (κ1) is 10.2. The maximum atomic E-state index is 5.17. The van der Waals surface area contributed by atoms with Crippen LogP contribution in [0.25, 0.3) is 0 Å². The summed E-state index contributed by atoms with van der Waals surface area (Å²) >= 11 is 5.17. The number of nitrogens with zero attached hydrogens (tertiary/aromatic N) is 1. The Balaban J connectivity index is 1.50. The second-order valence-corrected chi connectivity index (χ2v) is 4.63. The third-order valence-electron chi connectivity index (χ3n) is 2.82. The van der Waals surface area contributed by atoms with Crippen molar-refractivity contribution in [1.29, 1.82) is 0 Å². The van der Waals surface area contributed by atoms with Gasteiger partial charge < -0.3 is 15.5 Å². The molecule has 0 atom stereocenters. The molecule has 2 fully saturated rings. The second kappa shape index (κ2) is 4.94. The summed E-state index contributed by atoms with van der Waals surface area (Å²) in [6.45, 7) is 4.65. The van der Waals surface area contributed by atoms with Gasteiger partial charge in [-0.2, -0.15) is 0 Å². The molecule has 3 nitrogen and oxygen atoms in total. The van der Waals surface area contributed by atoms with Crippen molar-refractivity contribution in [2.24, 2.45) is 0 Å². The van der Waals surface area contributed by atoms with Gasteiger partial charge in [0.1, 0.15) is 0 Å². The molecule has 80 valence electrons. The van der Waals surface area contributed by atoms with Crippen LogP contribution >= 0.6 is 12.2 Å². The van der Waals surface area contributed by atoms with Crippen LogP contribution in [0.5, 0.6) is 0 Å². The van der Waals surface area contributed by atoms with Gasteiger partial charge in [-0.25, -0.2) is 0 Å². The SMILES string of the molecule is S=C(NCCN1CCCC1)NC1CC1. The summed E-state index contributed by atoms with van der Waals surface area (Å²) in [5.41, 5.74) is 0. The van der Waals surface area contributed by atoms with E-state index in [0.717, 1.165) is 18.2 Å². The summed E-state index contributed by atoms with van der Waals surface area (Å²) in [6, 6.07) is 0.668. The van der Waals surface area contributed by atoms with Gasteiger partial charge in [0.05, 0.1) is 0 Å². The predicted octanol–water partition coefficient (Wildman–Crippen LogP) is 0.709. The molecule has 1 saturated heterocycles. The topological polar surface area (TPSA) is 27.3 Å². The molecular weight excluding hydrogens is 194 g/mol. The Labute approximate surface area is 91.2 Å². The molecule has 0 bridgehead atoms. The van der Waals surface area contributed by atoms with Crippen LogP contribution in [-0.4, -0.2) is 42.2 Å². The first-order valence-electron chi connectivity index (χ1n) is 5.61. The zero-order valence-corrected chi connectivity index (χ0v) is 9.41. The lowest BCUT2D eigenvalue weighted by Crippen LogP contribution is -2.40. The molecule has 14 heavy (non-hydrogen) atoms. The Kier molecular flexibility index (Phi) is 3.59. The van der Waals surface area contributed by atoms with Crippen LogP contribution in [0, 0.1) is 0 Å². The molecule has 0 aromatic rings. The molecule has 1 saturated carbocycles. The van der Waals surface area contributed by atoms with E-state index in [9.17, 15) is 0 Å². The number of nitrogens with one attached hydrogen (secondary N) is 2. The zero-order valence-electron chi connectivity index (χ0n) is 8.59. The van der Waals surface area contributed by atoms with Crippen LogP contribution in [0.2, 0.25) is 0 Å². The summed E-state index contributed by atoms with van der Waals surface area (Å²) in [5.74, 6) is 0. The molecule has 1 heterocycles. The highest BCUT2D eigenvalue weighted by Gasteiger charge is 2.21. The van der Waals surface area contributed by atoms with Crippen molar-refractivity contribution in [3.8, 4) is 0 Å². The lowest BCUT2D eigenvalue weighted by Gasteiger charge is -2.16. The van der Waals surface area contributed by atoms with Crippen LogP contribution in [0.3, 0.4) is 0 Å². The Hall–Kier alpha value is -0.350. The third-order valence-corrected chi connectivity index (χ3v) is 3.09. The largest absolute Gasteiger partial charge is 0.361 e. The van der Waals surface area contributed by atoms with Crippen molar-refractivity contribution in [2.45, 2.75) is 31.7 Å². The number of likely N-dealkylation sites (tertiary alicyclic amines) is 1. The van der Waals surface area contributed by atoms with Crippen molar-refractivity contribution in [3.05, 3.63) is 0 Å². The van der Waals surface area contributed by atoms with Gasteiger partial charge in [0.2, 0.25) is 0 Å². The van der Waals surface area contributed by atoms with Crippen LogP contribution in [0.1, 0.15) is 25.7 Å². The quantitative estimate of drug-likeness (QED) is 0.673. The maximum Gasteiger partial charge on any atom is 0.166 e. The molecule has 2 N–H and O–H groups in total. The molecule has 0 aromatic heterocycles. The fourth-order valence-electron chi connectivity index (χ4n) is 1.80. The van der Waals surface area contributed by atoms with E-state index < -0.39 is 0 Å². The van der Waals surface area contributed by atoms with Gasteiger partial charge in [-0.05, 0) is 51.0 Å². The van der Waals surface area contributed by atoms with Gasteiger partial charge in [0, 0.05) is 19.1 Å². The predicted molar refractivity (Wildman–Crippen MR) is 62.4 cm³/mol. The molecule has 0 unspecified atom stereocenters. The average molecular weight is 213 g/mol. The van der Waals surface area contributed by atoms with E-state index in [1.54, 1.807) is 0 Å². The van der Waals surface area contributed by atoms with Crippen LogP contribution in [-0.2, 0) is 0 Å². The fraction of sp³-hybridized carbons (Fsp3) is 0.900. The number of hydrogen-bond donors (Lipinski definition) is 2. The monoisotopic (exact) mass is 213 g/mol. The van der Waals surface area contributed by atoms with E-state index in [0.29, 0.717) is 6.04 Å². The molecule has 0 radical (unpaired) electrons. The number of hydrogen-bond acceptors (Lipinski definition) is 2. The summed E-state index contributed by atoms with van der Waals surface area (Å²) < 4.78 is 0. The maximum absolute atomic E-state index is 5.17. The molecule has 0 spiro atoms. The van der Waals surface area contributed by atoms with Gasteiger partial charge in [-0.3, -0.25) is 0 Å². The van der Waals surface area contributed by atoms with Crippen molar-refractivity contribution in [3.63, 3.8) is 0 Å². The summed E-state index contributed by atoms with van der Waals surface area (Å²) in [6.07, 6.45) is 5.30. The number of thiocarbonyl (C=S) groups is 1. The Morgan fingerprint density at radius 1 is 1.29 bits per heavy atom. The van der Waals surface area contributed by atoms with Gasteiger partial charge in [-0.1, -0.05) is 0 Å². The Bertz CT molecular complexity index is 198. The third kappa shape index (κ3) is 3.42. The highest BCUT2D eigenvalue weighted by atomic mass is 32.1. The van der Waals surface area contributed by atoms with E-state index in [4.69, 9.17) is 12.2 Å². The van der Waals surface area contributed by atoms with Crippen molar-refractivity contribution < 1.29 is 0 Å². The van der Waals surface area contributed by atoms with Gasteiger partial charge in [0.25, 0.3) is 0 Å². The van der Waals surface area contributed by atoms with Gasteiger partial charge in [0.15, 0.2) is 5.11 Å². The van der Waals surface area contributed by atoms with E-state index >= 15 is 0 Å². The Morgan fingerprint density at radius 2 is 2.00 bits per heavy atom. The molecule has 0 aromatic carbocycles. The smallest absolute Gasteiger partial charge is 0.166 e. The summed E-state index contributed by atoms with van der Waals surface area (Å²) in [5, 5.41) is 7.38.